The quantitative estimate of drug-likeness (QED) is 0.476. The van der Waals surface area contributed by atoms with Crippen LogP contribution in [0.4, 0.5) is 0 Å². The third-order valence-corrected chi connectivity index (χ3v) is 8.02. The van der Waals surface area contributed by atoms with Crippen molar-refractivity contribution in [1.29, 1.82) is 0 Å². The molecule has 1 saturated heterocycles. The Morgan fingerprint density at radius 1 is 0.824 bits per heavy atom. The number of carbonyl (C=O) groups excluding carboxylic acids is 1. The summed E-state index contributed by atoms with van der Waals surface area (Å²) in [5.41, 5.74) is -0.907. The van der Waals surface area contributed by atoms with Gasteiger partial charge in [0.2, 0.25) is 15.9 Å². The third kappa shape index (κ3) is 3.91. The number of hydrogen-bond acceptors (Lipinski definition) is 5. The first-order valence-corrected chi connectivity index (χ1v) is 12.3. The lowest BCUT2D eigenvalue weighted by Crippen LogP contribution is -2.51. The fourth-order valence-electron chi connectivity index (χ4n) is 4.25. The first-order valence-electron chi connectivity index (χ1n) is 10.8. The van der Waals surface area contributed by atoms with Crippen LogP contribution in [0.25, 0.3) is 21.5 Å². The van der Waals surface area contributed by atoms with Crippen molar-refractivity contribution >= 4 is 37.5 Å². The van der Waals surface area contributed by atoms with E-state index in [4.69, 9.17) is 0 Å². The molecule has 0 spiro atoms. The van der Waals surface area contributed by atoms with Crippen LogP contribution in [0, 0.1) is 0 Å². The lowest BCUT2D eigenvalue weighted by molar-refractivity contribution is -0.133. The van der Waals surface area contributed by atoms with E-state index in [0.717, 1.165) is 15.5 Å². The molecule has 5 rings (SSSR count). The summed E-state index contributed by atoms with van der Waals surface area (Å²) in [6.45, 7) is 0.348. The van der Waals surface area contributed by atoms with Crippen LogP contribution in [0.3, 0.4) is 0 Å². The fraction of sp³-hybridized carbons (Fsp3) is 0.208. The van der Waals surface area contributed by atoms with Crippen molar-refractivity contribution in [2.45, 2.75) is 11.4 Å². The summed E-state index contributed by atoms with van der Waals surface area (Å²) >= 11 is 0. The van der Waals surface area contributed by atoms with Gasteiger partial charge in [-0.1, -0.05) is 42.5 Å². The normalized spacial score (nSPS) is 15.1. The van der Waals surface area contributed by atoms with E-state index in [9.17, 15) is 22.8 Å². The van der Waals surface area contributed by atoms with Gasteiger partial charge in [-0.3, -0.25) is 19.5 Å². The van der Waals surface area contributed by atoms with Gasteiger partial charge in [0, 0.05) is 26.2 Å². The molecule has 174 valence electrons. The number of aromatic nitrogens is 2. The van der Waals surface area contributed by atoms with Gasteiger partial charge in [0.25, 0.3) is 11.1 Å². The minimum atomic E-state index is -3.71. The number of benzene rings is 3. The van der Waals surface area contributed by atoms with E-state index in [1.165, 1.54) is 9.21 Å². The highest BCUT2D eigenvalue weighted by Gasteiger charge is 2.30. The highest BCUT2D eigenvalue weighted by atomic mass is 32.2. The largest absolute Gasteiger partial charge is 0.338 e. The summed E-state index contributed by atoms with van der Waals surface area (Å²) in [4.78, 5) is 39.5. The number of aromatic amines is 1. The molecule has 9 nitrogen and oxygen atoms in total. The Labute approximate surface area is 194 Å². The van der Waals surface area contributed by atoms with Crippen molar-refractivity contribution < 1.29 is 13.2 Å². The van der Waals surface area contributed by atoms with Gasteiger partial charge in [0.15, 0.2) is 0 Å². The molecule has 0 radical (unpaired) electrons. The highest BCUT2D eigenvalue weighted by molar-refractivity contribution is 7.89. The van der Waals surface area contributed by atoms with Gasteiger partial charge >= 0.3 is 0 Å². The molecule has 0 aliphatic carbocycles. The number of rotatable bonds is 4. The number of nitrogens with one attached hydrogen (secondary N) is 1. The molecular formula is C24H22N4O5S. The Balaban J connectivity index is 1.30. The summed E-state index contributed by atoms with van der Waals surface area (Å²) in [5, 5.41) is 4.76. The molecule has 1 N–H and O–H groups in total. The van der Waals surface area contributed by atoms with Crippen molar-refractivity contribution in [3.8, 4) is 0 Å². The Kier molecular flexibility index (Phi) is 5.54. The number of amides is 1. The van der Waals surface area contributed by atoms with Crippen molar-refractivity contribution in [2.75, 3.05) is 26.2 Å². The lowest BCUT2D eigenvalue weighted by Gasteiger charge is -2.34. The molecule has 0 atom stereocenters. The number of nitrogens with zero attached hydrogens (tertiary/aromatic N) is 3. The van der Waals surface area contributed by atoms with E-state index in [2.05, 4.69) is 5.10 Å². The Bertz CT molecular complexity index is 1630. The maximum Gasteiger partial charge on any atom is 0.273 e. The number of hydrogen-bond donors (Lipinski definition) is 1. The summed E-state index contributed by atoms with van der Waals surface area (Å²) in [5.74, 6) is -0.365. The SMILES string of the molecule is O=C(Cn1[nH]c(=O)c2ccccc2c1=O)N1CCN(S(=O)(=O)c2ccc3ccccc3c2)CC1. The zero-order valence-electron chi connectivity index (χ0n) is 18.2. The minimum Gasteiger partial charge on any atom is -0.338 e. The first-order chi connectivity index (χ1) is 16.3. The molecule has 3 aromatic carbocycles. The maximum atomic E-state index is 13.1. The second-order valence-electron chi connectivity index (χ2n) is 8.17. The van der Waals surface area contributed by atoms with Gasteiger partial charge in [-0.05, 0) is 35.0 Å². The van der Waals surface area contributed by atoms with Gasteiger partial charge < -0.3 is 4.90 Å². The Hall–Kier alpha value is -3.76. The number of fused-ring (bicyclic) bond motifs is 2. The molecule has 0 unspecified atom stereocenters. The summed E-state index contributed by atoms with van der Waals surface area (Å²) < 4.78 is 28.7. The first kappa shape index (κ1) is 22.1. The average Bonchev–Trinajstić information content (AvgIpc) is 2.87. The molecule has 0 saturated carbocycles. The van der Waals surface area contributed by atoms with Gasteiger partial charge in [-0.15, -0.1) is 0 Å². The minimum absolute atomic E-state index is 0.143. The molecular weight excluding hydrogens is 456 g/mol. The second-order valence-corrected chi connectivity index (χ2v) is 10.1. The average molecular weight is 479 g/mol. The highest BCUT2D eigenvalue weighted by Crippen LogP contribution is 2.23. The Morgan fingerprint density at radius 2 is 1.47 bits per heavy atom. The second kappa shape index (κ2) is 8.54. The molecule has 2 heterocycles. The van der Waals surface area contributed by atoms with Crippen molar-refractivity contribution in [2.24, 2.45) is 0 Å². The molecule has 4 aromatic rings. The molecule has 1 aliphatic heterocycles. The smallest absolute Gasteiger partial charge is 0.273 e. The zero-order chi connectivity index (χ0) is 23.9. The predicted molar refractivity (Wildman–Crippen MR) is 128 cm³/mol. The topological polar surface area (TPSA) is 113 Å². The van der Waals surface area contributed by atoms with Crippen LogP contribution < -0.4 is 11.1 Å². The van der Waals surface area contributed by atoms with Crippen molar-refractivity contribution in [3.05, 3.63) is 87.4 Å². The molecule has 1 aromatic heterocycles. The molecule has 0 bridgehead atoms. The van der Waals surface area contributed by atoms with Gasteiger partial charge in [0.05, 0.1) is 15.7 Å². The van der Waals surface area contributed by atoms with Gasteiger partial charge in [-0.25, -0.2) is 13.1 Å². The van der Waals surface area contributed by atoms with E-state index in [0.29, 0.717) is 0 Å². The molecule has 10 heteroatoms. The standard InChI is InChI=1S/C24H22N4O5S/c29-22(16-28-24(31)21-8-4-3-7-20(21)23(30)25-28)26-11-13-27(14-12-26)34(32,33)19-10-9-17-5-1-2-6-18(17)15-19/h1-10,15H,11-14,16H2,(H,25,30). The molecule has 1 fully saturated rings. The van der Waals surface area contributed by atoms with Crippen molar-refractivity contribution in [1.82, 2.24) is 19.0 Å². The van der Waals surface area contributed by atoms with Crippen molar-refractivity contribution in [3.63, 3.8) is 0 Å². The lowest BCUT2D eigenvalue weighted by atomic mass is 10.1. The number of sulfonamides is 1. The molecule has 1 amide bonds. The van der Waals surface area contributed by atoms with Crippen LogP contribution in [-0.4, -0.2) is 59.5 Å². The fourth-order valence-corrected chi connectivity index (χ4v) is 5.71. The number of piperazine rings is 1. The predicted octanol–water partition coefficient (Wildman–Crippen LogP) is 1.38. The van der Waals surface area contributed by atoms with Crippen LogP contribution >= 0.6 is 0 Å². The van der Waals surface area contributed by atoms with E-state index in [1.807, 2.05) is 24.3 Å². The Morgan fingerprint density at radius 3 is 2.21 bits per heavy atom. The van der Waals surface area contributed by atoms with Crippen LogP contribution in [-0.2, 0) is 21.4 Å². The monoisotopic (exact) mass is 478 g/mol. The maximum absolute atomic E-state index is 13.1. The summed E-state index contributed by atoms with van der Waals surface area (Å²) in [7, 11) is -3.71. The third-order valence-electron chi connectivity index (χ3n) is 6.13. The van der Waals surface area contributed by atoms with E-state index in [-0.39, 0.29) is 54.3 Å². The van der Waals surface area contributed by atoms with Gasteiger partial charge in [-0.2, -0.15) is 4.31 Å². The summed E-state index contributed by atoms with van der Waals surface area (Å²) in [6, 6.07) is 19.0. The summed E-state index contributed by atoms with van der Waals surface area (Å²) in [6.07, 6.45) is 0. The van der Waals surface area contributed by atoms with E-state index >= 15 is 0 Å². The van der Waals surface area contributed by atoms with Crippen LogP contribution in [0.15, 0.2) is 81.2 Å². The molecule has 34 heavy (non-hydrogen) atoms. The van der Waals surface area contributed by atoms with E-state index in [1.54, 1.807) is 42.5 Å². The van der Waals surface area contributed by atoms with Crippen LogP contribution in [0.2, 0.25) is 0 Å². The van der Waals surface area contributed by atoms with Crippen LogP contribution in [0.1, 0.15) is 0 Å². The van der Waals surface area contributed by atoms with Gasteiger partial charge in [0.1, 0.15) is 6.54 Å². The zero-order valence-corrected chi connectivity index (χ0v) is 19.0. The van der Waals surface area contributed by atoms with Crippen LogP contribution in [0.5, 0.6) is 0 Å². The number of H-pyrrole nitrogens is 1. The van der Waals surface area contributed by atoms with E-state index < -0.39 is 21.1 Å². The molecule has 1 aliphatic rings. The number of carbonyl (C=O) groups is 1.